The molecule has 0 bridgehead atoms. The van der Waals surface area contributed by atoms with Gasteiger partial charge in [0.25, 0.3) is 5.91 Å². The van der Waals surface area contributed by atoms with Crippen molar-refractivity contribution < 1.29 is 9.18 Å². The molecule has 0 saturated heterocycles. The molecule has 1 amide bonds. The molecule has 1 N–H and O–H groups in total. The van der Waals surface area contributed by atoms with Crippen LogP contribution in [0.3, 0.4) is 0 Å². The van der Waals surface area contributed by atoms with Crippen LogP contribution in [0.25, 0.3) is 5.69 Å². The molecule has 1 aromatic heterocycles. The van der Waals surface area contributed by atoms with Gasteiger partial charge in [0.05, 0.1) is 11.9 Å². The van der Waals surface area contributed by atoms with Crippen molar-refractivity contribution in [3.8, 4) is 5.69 Å². The van der Waals surface area contributed by atoms with Crippen molar-refractivity contribution in [2.75, 3.05) is 6.54 Å². The van der Waals surface area contributed by atoms with Gasteiger partial charge < -0.3 is 5.32 Å². The van der Waals surface area contributed by atoms with Crippen molar-refractivity contribution in [2.24, 2.45) is 0 Å². The highest BCUT2D eigenvalue weighted by Gasteiger charge is 2.10. The van der Waals surface area contributed by atoms with Crippen LogP contribution in [0, 0.1) is 5.82 Å². The van der Waals surface area contributed by atoms with Crippen molar-refractivity contribution >= 4 is 5.91 Å². The van der Waals surface area contributed by atoms with Gasteiger partial charge in [-0.15, -0.1) is 5.10 Å². The van der Waals surface area contributed by atoms with Gasteiger partial charge in [0.15, 0.2) is 5.69 Å². The fourth-order valence-corrected chi connectivity index (χ4v) is 2.14. The van der Waals surface area contributed by atoms with E-state index in [0.717, 1.165) is 11.3 Å². The molecule has 2 aromatic carbocycles. The molecule has 23 heavy (non-hydrogen) atoms. The predicted octanol–water partition coefficient (Wildman–Crippen LogP) is 2.38. The largest absolute Gasteiger partial charge is 0.350 e. The molecular weight excluding hydrogens is 295 g/mol. The van der Waals surface area contributed by atoms with E-state index in [2.05, 4.69) is 15.6 Å². The summed E-state index contributed by atoms with van der Waals surface area (Å²) >= 11 is 0. The average Bonchev–Trinajstić information content (AvgIpc) is 3.07. The zero-order valence-electron chi connectivity index (χ0n) is 12.3. The van der Waals surface area contributed by atoms with Gasteiger partial charge in [-0.05, 0) is 36.2 Å². The number of nitrogens with zero attached hydrogens (tertiary/aromatic N) is 3. The van der Waals surface area contributed by atoms with Crippen LogP contribution in [-0.4, -0.2) is 27.4 Å². The van der Waals surface area contributed by atoms with E-state index in [1.807, 2.05) is 30.3 Å². The second-order valence-electron chi connectivity index (χ2n) is 5.02. The van der Waals surface area contributed by atoms with E-state index in [0.29, 0.717) is 13.0 Å². The lowest BCUT2D eigenvalue weighted by Crippen LogP contribution is -2.26. The topological polar surface area (TPSA) is 59.8 Å². The molecule has 0 saturated carbocycles. The van der Waals surface area contributed by atoms with Crippen LogP contribution < -0.4 is 5.32 Å². The highest BCUT2D eigenvalue weighted by molar-refractivity contribution is 5.91. The molecule has 0 radical (unpaired) electrons. The van der Waals surface area contributed by atoms with Crippen molar-refractivity contribution in [1.82, 2.24) is 20.3 Å². The minimum atomic E-state index is -0.283. The van der Waals surface area contributed by atoms with Crippen LogP contribution in [0.4, 0.5) is 4.39 Å². The lowest BCUT2D eigenvalue weighted by molar-refractivity contribution is 0.0949. The first kappa shape index (κ1) is 14.9. The first-order chi connectivity index (χ1) is 11.2. The summed E-state index contributed by atoms with van der Waals surface area (Å²) in [5.74, 6) is -0.551. The third kappa shape index (κ3) is 3.79. The van der Waals surface area contributed by atoms with Crippen molar-refractivity contribution in [3.05, 3.63) is 77.9 Å². The Balaban J connectivity index is 1.56. The third-order valence-electron chi connectivity index (χ3n) is 3.36. The molecular formula is C17H15FN4O. The Labute approximate surface area is 132 Å². The number of amides is 1. The average molecular weight is 310 g/mol. The zero-order chi connectivity index (χ0) is 16.1. The lowest BCUT2D eigenvalue weighted by Gasteiger charge is -2.03. The number of aromatic nitrogens is 3. The zero-order valence-corrected chi connectivity index (χ0v) is 12.3. The molecule has 0 unspecified atom stereocenters. The summed E-state index contributed by atoms with van der Waals surface area (Å²) < 4.78 is 14.4. The van der Waals surface area contributed by atoms with Crippen molar-refractivity contribution in [1.29, 1.82) is 0 Å². The first-order valence-electron chi connectivity index (χ1n) is 7.23. The Hall–Kier alpha value is -3.02. The number of hydrogen-bond acceptors (Lipinski definition) is 3. The maximum Gasteiger partial charge on any atom is 0.273 e. The van der Waals surface area contributed by atoms with E-state index in [4.69, 9.17) is 0 Å². The second kappa shape index (κ2) is 6.83. The fraction of sp³-hybridized carbons (Fsp3) is 0.118. The summed E-state index contributed by atoms with van der Waals surface area (Å²) in [7, 11) is 0. The Morgan fingerprint density at radius 1 is 1.09 bits per heavy atom. The first-order valence-corrected chi connectivity index (χ1v) is 7.23. The molecule has 3 aromatic rings. The van der Waals surface area contributed by atoms with E-state index >= 15 is 0 Å². The smallest absolute Gasteiger partial charge is 0.273 e. The molecule has 0 aliphatic rings. The highest BCUT2D eigenvalue weighted by atomic mass is 19.1. The fourth-order valence-electron chi connectivity index (χ4n) is 2.14. The highest BCUT2D eigenvalue weighted by Crippen LogP contribution is 2.06. The van der Waals surface area contributed by atoms with Gasteiger partial charge in [0, 0.05) is 6.54 Å². The number of nitrogens with one attached hydrogen (secondary N) is 1. The maximum atomic E-state index is 12.8. The number of carbonyl (C=O) groups is 1. The summed E-state index contributed by atoms with van der Waals surface area (Å²) in [5, 5.41) is 10.6. The lowest BCUT2D eigenvalue weighted by atomic mass is 10.1. The summed E-state index contributed by atoms with van der Waals surface area (Å²) in [6, 6.07) is 15.7. The van der Waals surface area contributed by atoms with E-state index in [1.165, 1.54) is 12.1 Å². The van der Waals surface area contributed by atoms with Crippen LogP contribution in [0.2, 0.25) is 0 Å². The predicted molar refractivity (Wildman–Crippen MR) is 83.8 cm³/mol. The van der Waals surface area contributed by atoms with E-state index in [1.54, 1.807) is 23.0 Å². The monoisotopic (exact) mass is 310 g/mol. The van der Waals surface area contributed by atoms with Gasteiger partial charge >= 0.3 is 0 Å². The Morgan fingerprint density at radius 2 is 1.83 bits per heavy atom. The van der Waals surface area contributed by atoms with E-state index in [-0.39, 0.29) is 17.4 Å². The quantitative estimate of drug-likeness (QED) is 0.787. The molecule has 0 aliphatic carbocycles. The minimum Gasteiger partial charge on any atom is -0.350 e. The molecule has 1 heterocycles. The number of benzene rings is 2. The van der Waals surface area contributed by atoms with Gasteiger partial charge in [-0.3, -0.25) is 4.79 Å². The Bertz CT molecular complexity index is 784. The van der Waals surface area contributed by atoms with Crippen LogP contribution >= 0.6 is 0 Å². The number of rotatable bonds is 5. The number of para-hydroxylation sites is 1. The summed E-state index contributed by atoms with van der Waals surface area (Å²) in [6.07, 6.45) is 2.21. The number of hydrogen-bond donors (Lipinski definition) is 1. The van der Waals surface area contributed by atoms with Crippen molar-refractivity contribution in [2.45, 2.75) is 6.42 Å². The molecule has 0 spiro atoms. The van der Waals surface area contributed by atoms with Crippen LogP contribution in [0.15, 0.2) is 60.8 Å². The van der Waals surface area contributed by atoms with Gasteiger partial charge in [0.1, 0.15) is 5.82 Å². The van der Waals surface area contributed by atoms with E-state index in [9.17, 15) is 9.18 Å². The number of halogens is 1. The minimum absolute atomic E-state index is 0.257. The van der Waals surface area contributed by atoms with Crippen LogP contribution in [-0.2, 0) is 6.42 Å². The molecule has 5 nitrogen and oxygen atoms in total. The third-order valence-corrected chi connectivity index (χ3v) is 3.36. The molecule has 116 valence electrons. The number of carbonyl (C=O) groups excluding carboxylic acids is 1. The summed E-state index contributed by atoms with van der Waals surface area (Å²) in [5.41, 5.74) is 2.05. The molecule has 0 fully saturated rings. The van der Waals surface area contributed by atoms with Gasteiger partial charge in [0.2, 0.25) is 0 Å². The normalized spacial score (nSPS) is 10.5. The molecule has 0 atom stereocenters. The van der Waals surface area contributed by atoms with Crippen LogP contribution in [0.5, 0.6) is 0 Å². The summed E-state index contributed by atoms with van der Waals surface area (Å²) in [4.78, 5) is 12.0. The SMILES string of the molecule is O=C(NCCc1ccc(F)cc1)c1cn(-c2ccccc2)nn1. The van der Waals surface area contributed by atoms with Crippen molar-refractivity contribution in [3.63, 3.8) is 0 Å². The van der Waals surface area contributed by atoms with Gasteiger partial charge in [-0.25, -0.2) is 9.07 Å². The van der Waals surface area contributed by atoms with Gasteiger partial charge in [-0.2, -0.15) is 0 Å². The maximum absolute atomic E-state index is 12.8. The molecule has 0 aliphatic heterocycles. The van der Waals surface area contributed by atoms with Gasteiger partial charge in [-0.1, -0.05) is 35.5 Å². The molecule has 6 heteroatoms. The second-order valence-corrected chi connectivity index (χ2v) is 5.02. The Kier molecular flexibility index (Phi) is 4.42. The standard InChI is InChI=1S/C17H15FN4O/c18-14-8-6-13(7-9-14)10-11-19-17(23)16-12-22(21-20-16)15-4-2-1-3-5-15/h1-9,12H,10-11H2,(H,19,23). The van der Waals surface area contributed by atoms with Crippen LogP contribution in [0.1, 0.15) is 16.1 Å². The molecule has 3 rings (SSSR count). The van der Waals surface area contributed by atoms with E-state index < -0.39 is 0 Å². The Morgan fingerprint density at radius 3 is 2.57 bits per heavy atom. The summed E-state index contributed by atoms with van der Waals surface area (Å²) in [6.45, 7) is 0.447.